The van der Waals surface area contributed by atoms with Crippen molar-refractivity contribution in [2.24, 2.45) is 4.36 Å². The van der Waals surface area contributed by atoms with Crippen LogP contribution in [0.25, 0.3) is 10.9 Å². The molecule has 0 aliphatic heterocycles. The first-order valence-corrected chi connectivity index (χ1v) is 7.05. The van der Waals surface area contributed by atoms with Crippen LogP contribution >= 0.6 is 0 Å². The predicted octanol–water partition coefficient (Wildman–Crippen LogP) is 2.50. The van der Waals surface area contributed by atoms with Gasteiger partial charge in [-0.1, -0.05) is 17.9 Å². The Labute approximate surface area is 129 Å². The molecular formula is C16H9N3O2S. The molecule has 0 saturated carbocycles. The van der Waals surface area contributed by atoms with E-state index in [2.05, 4.69) is 26.2 Å². The Morgan fingerprint density at radius 3 is 2.86 bits per heavy atom. The minimum Gasteiger partial charge on any atom is -0.361 e. The van der Waals surface area contributed by atoms with Gasteiger partial charge in [-0.25, -0.2) is 0 Å². The number of pyridine rings is 1. The Morgan fingerprint density at radius 1 is 1.14 bits per heavy atom. The fourth-order valence-electron chi connectivity index (χ4n) is 1.98. The molecule has 2 aromatic heterocycles. The number of carbonyl (C=O) groups excluding carboxylic acids is 1. The van der Waals surface area contributed by atoms with Crippen LogP contribution in [0.2, 0.25) is 0 Å². The lowest BCUT2D eigenvalue weighted by Crippen LogP contribution is -1.95. The molecule has 0 radical (unpaired) electrons. The van der Waals surface area contributed by atoms with E-state index in [-0.39, 0.29) is 17.0 Å². The molecule has 2 heterocycles. The Kier molecular flexibility index (Phi) is 3.90. The number of aromatic amines is 1. The number of nitrogens with one attached hydrogen (secondary N) is 1. The Morgan fingerprint density at radius 2 is 2.00 bits per heavy atom. The monoisotopic (exact) mass is 307 g/mol. The summed E-state index contributed by atoms with van der Waals surface area (Å²) in [6.07, 6.45) is 4.79. The Bertz CT molecular complexity index is 975. The molecule has 5 nitrogen and oxygen atoms in total. The summed E-state index contributed by atoms with van der Waals surface area (Å²) in [5, 5.41) is 1.12. The number of benzene rings is 1. The maximum Gasteiger partial charge on any atom is 0.291 e. The van der Waals surface area contributed by atoms with Crippen molar-refractivity contribution >= 4 is 28.3 Å². The van der Waals surface area contributed by atoms with Crippen molar-refractivity contribution in [2.75, 3.05) is 0 Å². The van der Waals surface area contributed by atoms with Gasteiger partial charge in [0.1, 0.15) is 0 Å². The zero-order chi connectivity index (χ0) is 15.4. The van der Waals surface area contributed by atoms with E-state index in [0.29, 0.717) is 5.56 Å². The highest BCUT2D eigenvalue weighted by Crippen LogP contribution is 2.13. The number of H-pyrrole nitrogens is 1. The standard InChI is InChI=1S/C16H9N3O2S/c20-16(19-22-21)14-7-12(9-17-10-14)2-1-11-3-4-13-5-6-18-15(13)8-11/h3-10,18H. The highest BCUT2D eigenvalue weighted by molar-refractivity contribution is 7.55. The molecule has 0 fully saturated rings. The summed E-state index contributed by atoms with van der Waals surface area (Å²) in [6.45, 7) is 0. The van der Waals surface area contributed by atoms with E-state index >= 15 is 0 Å². The third-order valence-corrected chi connectivity index (χ3v) is 3.25. The lowest BCUT2D eigenvalue weighted by molar-refractivity contribution is 0.100. The number of carbonyl (C=O) groups is 1. The summed E-state index contributed by atoms with van der Waals surface area (Å²) >= 11 is -0.119. The molecule has 1 N–H and O–H groups in total. The van der Waals surface area contributed by atoms with Gasteiger partial charge in [0.25, 0.3) is 5.91 Å². The molecule has 0 unspecified atom stereocenters. The molecule has 3 rings (SSSR count). The smallest absolute Gasteiger partial charge is 0.291 e. The molecule has 1 amide bonds. The average Bonchev–Trinajstić information content (AvgIpc) is 3.01. The topological polar surface area (TPSA) is 75.2 Å². The van der Waals surface area contributed by atoms with Gasteiger partial charge >= 0.3 is 0 Å². The SMILES string of the molecule is O=S=NC(=O)c1cncc(C#Cc2ccc3cc[nH]c3c2)c1. The molecule has 0 spiro atoms. The third kappa shape index (κ3) is 3.00. The molecule has 22 heavy (non-hydrogen) atoms. The van der Waals surface area contributed by atoms with Gasteiger partial charge in [-0.05, 0) is 29.7 Å². The zero-order valence-electron chi connectivity index (χ0n) is 11.2. The lowest BCUT2D eigenvalue weighted by atomic mass is 10.1. The molecule has 106 valence electrons. The van der Waals surface area contributed by atoms with Gasteiger partial charge in [0.15, 0.2) is 0 Å². The van der Waals surface area contributed by atoms with Crippen molar-refractivity contribution in [3.8, 4) is 11.8 Å². The summed E-state index contributed by atoms with van der Waals surface area (Å²) in [4.78, 5) is 18.6. The largest absolute Gasteiger partial charge is 0.361 e. The summed E-state index contributed by atoms with van der Waals surface area (Å²) in [7, 11) is 0. The molecule has 1 aromatic carbocycles. The summed E-state index contributed by atoms with van der Waals surface area (Å²) in [5.41, 5.74) is 2.70. The van der Waals surface area contributed by atoms with Gasteiger partial charge in [0, 0.05) is 35.2 Å². The first-order chi connectivity index (χ1) is 10.8. The molecule has 0 saturated heterocycles. The van der Waals surface area contributed by atoms with Crippen molar-refractivity contribution in [3.63, 3.8) is 0 Å². The van der Waals surface area contributed by atoms with Crippen LogP contribution in [-0.2, 0) is 11.5 Å². The number of amides is 1. The van der Waals surface area contributed by atoms with Crippen molar-refractivity contribution in [2.45, 2.75) is 0 Å². The zero-order valence-corrected chi connectivity index (χ0v) is 12.1. The van der Waals surface area contributed by atoms with E-state index in [4.69, 9.17) is 0 Å². The average molecular weight is 307 g/mol. The number of hydrogen-bond acceptors (Lipinski definition) is 3. The van der Waals surface area contributed by atoms with Crippen LogP contribution in [0, 0.1) is 11.8 Å². The van der Waals surface area contributed by atoms with Crippen LogP contribution in [0.15, 0.2) is 53.3 Å². The van der Waals surface area contributed by atoms with Crippen LogP contribution in [-0.4, -0.2) is 20.1 Å². The van der Waals surface area contributed by atoms with Gasteiger partial charge < -0.3 is 4.98 Å². The second-order valence-electron chi connectivity index (χ2n) is 4.46. The third-order valence-electron chi connectivity index (χ3n) is 3.01. The maximum atomic E-state index is 11.5. The molecule has 0 bridgehead atoms. The molecular weight excluding hydrogens is 298 g/mol. The van der Waals surface area contributed by atoms with Crippen LogP contribution in [0.4, 0.5) is 0 Å². The molecule has 0 atom stereocenters. The van der Waals surface area contributed by atoms with Crippen molar-refractivity contribution in [1.82, 2.24) is 9.97 Å². The highest BCUT2D eigenvalue weighted by Gasteiger charge is 2.04. The van der Waals surface area contributed by atoms with Crippen LogP contribution in [0.5, 0.6) is 0 Å². The fraction of sp³-hybridized carbons (Fsp3) is 0. The minimum absolute atomic E-state index is 0.119. The predicted molar refractivity (Wildman–Crippen MR) is 83.4 cm³/mol. The van der Waals surface area contributed by atoms with Crippen LogP contribution in [0.1, 0.15) is 21.5 Å². The van der Waals surface area contributed by atoms with Crippen molar-refractivity contribution < 1.29 is 9.00 Å². The number of aromatic nitrogens is 2. The highest BCUT2D eigenvalue weighted by atomic mass is 32.1. The number of nitrogens with zero attached hydrogens (tertiary/aromatic N) is 2. The van der Waals surface area contributed by atoms with Gasteiger partial charge in [0.05, 0.1) is 5.56 Å². The summed E-state index contributed by atoms with van der Waals surface area (Å²) < 4.78 is 13.5. The van der Waals surface area contributed by atoms with E-state index in [9.17, 15) is 9.00 Å². The fourth-order valence-corrected chi connectivity index (χ4v) is 2.15. The normalized spacial score (nSPS) is 9.82. The Hall–Kier alpha value is -3.04. The van der Waals surface area contributed by atoms with Gasteiger partial charge in [-0.3, -0.25) is 9.78 Å². The molecule has 0 aliphatic carbocycles. The van der Waals surface area contributed by atoms with Gasteiger partial charge in [-0.15, -0.1) is 4.36 Å². The number of hydrogen-bond donors (Lipinski definition) is 1. The van der Waals surface area contributed by atoms with E-state index in [1.807, 2.05) is 30.5 Å². The van der Waals surface area contributed by atoms with Crippen LogP contribution < -0.4 is 0 Å². The second-order valence-corrected chi connectivity index (χ2v) is 4.79. The number of rotatable bonds is 1. The lowest BCUT2D eigenvalue weighted by Gasteiger charge is -1.95. The Balaban J connectivity index is 1.91. The molecule has 6 heteroatoms. The van der Waals surface area contributed by atoms with Gasteiger partial charge in [-0.2, -0.15) is 4.21 Å². The minimum atomic E-state index is -0.607. The number of fused-ring (bicyclic) bond motifs is 1. The maximum absolute atomic E-state index is 11.5. The second kappa shape index (κ2) is 6.16. The summed E-state index contributed by atoms with van der Waals surface area (Å²) in [6, 6.07) is 9.42. The first kappa shape index (κ1) is 13.9. The van der Waals surface area contributed by atoms with Gasteiger partial charge in [0.2, 0.25) is 11.5 Å². The summed E-state index contributed by atoms with van der Waals surface area (Å²) in [5.74, 6) is 5.36. The van der Waals surface area contributed by atoms with Crippen molar-refractivity contribution in [1.29, 1.82) is 0 Å². The van der Waals surface area contributed by atoms with Crippen molar-refractivity contribution in [3.05, 3.63) is 65.6 Å². The first-order valence-electron chi connectivity index (χ1n) is 6.35. The van der Waals surface area contributed by atoms with E-state index in [1.54, 1.807) is 12.3 Å². The van der Waals surface area contributed by atoms with Crippen LogP contribution in [0.3, 0.4) is 0 Å². The molecule has 0 aliphatic rings. The van der Waals surface area contributed by atoms with E-state index in [1.165, 1.54) is 6.20 Å². The van der Waals surface area contributed by atoms with E-state index < -0.39 is 5.91 Å². The quantitative estimate of drug-likeness (QED) is 0.702. The molecule has 3 aromatic rings. The van der Waals surface area contributed by atoms with E-state index in [0.717, 1.165) is 16.5 Å².